The van der Waals surface area contributed by atoms with Gasteiger partial charge in [0.2, 0.25) is 9.84 Å². The Bertz CT molecular complexity index is 555. The standard InChI is InChI=1S/C11H11NO2S/c1-9-11(7-8-12-9)15(13,14)10-5-3-2-4-6-10/h2-8,12H,1H3. The van der Waals surface area contributed by atoms with Gasteiger partial charge in [-0.05, 0) is 25.1 Å². The van der Waals surface area contributed by atoms with Crippen LogP contribution < -0.4 is 0 Å². The van der Waals surface area contributed by atoms with Crippen LogP contribution in [0.1, 0.15) is 5.69 Å². The van der Waals surface area contributed by atoms with E-state index in [9.17, 15) is 8.42 Å². The first-order valence-corrected chi connectivity index (χ1v) is 6.05. The predicted octanol–water partition coefficient (Wildman–Crippen LogP) is 2.16. The highest BCUT2D eigenvalue weighted by Gasteiger charge is 2.19. The molecule has 0 spiro atoms. The third-order valence-corrected chi connectivity index (χ3v) is 4.16. The average molecular weight is 221 g/mol. The molecule has 0 fully saturated rings. The Morgan fingerprint density at radius 1 is 1.07 bits per heavy atom. The summed E-state index contributed by atoms with van der Waals surface area (Å²) in [5.41, 5.74) is 0.666. The second-order valence-electron chi connectivity index (χ2n) is 3.28. The van der Waals surface area contributed by atoms with Crippen LogP contribution in [0, 0.1) is 6.92 Å². The molecule has 1 aromatic carbocycles. The van der Waals surface area contributed by atoms with Crippen molar-refractivity contribution in [2.75, 3.05) is 0 Å². The summed E-state index contributed by atoms with van der Waals surface area (Å²) >= 11 is 0. The summed E-state index contributed by atoms with van der Waals surface area (Å²) in [6, 6.07) is 10.0. The number of benzene rings is 1. The first kappa shape index (κ1) is 9.98. The van der Waals surface area contributed by atoms with Crippen LogP contribution >= 0.6 is 0 Å². The van der Waals surface area contributed by atoms with Crippen LogP contribution in [0.15, 0.2) is 52.4 Å². The summed E-state index contributed by atoms with van der Waals surface area (Å²) in [5, 5.41) is 0. The van der Waals surface area contributed by atoms with E-state index in [0.29, 0.717) is 15.5 Å². The molecule has 0 aliphatic heterocycles. The number of hydrogen-bond acceptors (Lipinski definition) is 2. The van der Waals surface area contributed by atoms with Crippen molar-refractivity contribution in [3.05, 3.63) is 48.3 Å². The largest absolute Gasteiger partial charge is 0.364 e. The second kappa shape index (κ2) is 3.55. The van der Waals surface area contributed by atoms with Crippen molar-refractivity contribution in [2.45, 2.75) is 16.7 Å². The van der Waals surface area contributed by atoms with Crippen molar-refractivity contribution in [3.8, 4) is 0 Å². The van der Waals surface area contributed by atoms with Gasteiger partial charge in [-0.2, -0.15) is 0 Å². The van der Waals surface area contributed by atoms with Gasteiger partial charge >= 0.3 is 0 Å². The van der Waals surface area contributed by atoms with E-state index in [2.05, 4.69) is 4.98 Å². The average Bonchev–Trinajstić information content (AvgIpc) is 2.66. The number of hydrogen-bond donors (Lipinski definition) is 1. The van der Waals surface area contributed by atoms with Crippen molar-refractivity contribution in [1.82, 2.24) is 4.98 Å². The van der Waals surface area contributed by atoms with Gasteiger partial charge < -0.3 is 4.98 Å². The Labute approximate surface area is 88.7 Å². The van der Waals surface area contributed by atoms with Crippen LogP contribution in [0.2, 0.25) is 0 Å². The lowest BCUT2D eigenvalue weighted by Gasteiger charge is -2.02. The lowest BCUT2D eigenvalue weighted by atomic mass is 10.4. The molecule has 1 aromatic heterocycles. The number of aryl methyl sites for hydroxylation is 1. The summed E-state index contributed by atoms with van der Waals surface area (Å²) in [7, 11) is -3.36. The maximum Gasteiger partial charge on any atom is 0.208 e. The number of sulfone groups is 1. The summed E-state index contributed by atoms with van der Waals surface area (Å²) in [6.07, 6.45) is 1.63. The number of H-pyrrole nitrogens is 1. The van der Waals surface area contributed by atoms with Gasteiger partial charge in [0, 0.05) is 11.9 Å². The van der Waals surface area contributed by atoms with Crippen LogP contribution in [0.3, 0.4) is 0 Å². The minimum atomic E-state index is -3.36. The molecule has 78 valence electrons. The highest BCUT2D eigenvalue weighted by molar-refractivity contribution is 7.91. The molecular formula is C11H11NO2S. The zero-order valence-electron chi connectivity index (χ0n) is 8.27. The zero-order chi connectivity index (χ0) is 10.9. The first-order valence-electron chi connectivity index (χ1n) is 4.56. The molecule has 0 radical (unpaired) electrons. The molecular weight excluding hydrogens is 210 g/mol. The lowest BCUT2D eigenvalue weighted by Crippen LogP contribution is -2.01. The lowest BCUT2D eigenvalue weighted by molar-refractivity contribution is 0.595. The minimum absolute atomic E-state index is 0.327. The minimum Gasteiger partial charge on any atom is -0.364 e. The van der Waals surface area contributed by atoms with Crippen molar-refractivity contribution in [1.29, 1.82) is 0 Å². The number of rotatable bonds is 2. The predicted molar refractivity (Wildman–Crippen MR) is 57.4 cm³/mol. The van der Waals surface area contributed by atoms with E-state index in [1.54, 1.807) is 49.5 Å². The highest BCUT2D eigenvalue weighted by atomic mass is 32.2. The molecule has 2 aromatic rings. The van der Waals surface area contributed by atoms with E-state index >= 15 is 0 Å². The molecule has 0 saturated carbocycles. The molecule has 1 heterocycles. The van der Waals surface area contributed by atoms with Gasteiger partial charge in [-0.1, -0.05) is 18.2 Å². The van der Waals surface area contributed by atoms with E-state index in [4.69, 9.17) is 0 Å². The molecule has 15 heavy (non-hydrogen) atoms. The maximum atomic E-state index is 12.1. The van der Waals surface area contributed by atoms with Crippen LogP contribution in [0.5, 0.6) is 0 Å². The van der Waals surface area contributed by atoms with Crippen LogP contribution in [-0.2, 0) is 9.84 Å². The molecule has 0 aliphatic carbocycles. The van der Waals surface area contributed by atoms with Crippen LogP contribution in [0.25, 0.3) is 0 Å². The second-order valence-corrected chi connectivity index (χ2v) is 5.20. The molecule has 0 unspecified atom stereocenters. The molecule has 2 rings (SSSR count). The third-order valence-electron chi connectivity index (χ3n) is 2.25. The van der Waals surface area contributed by atoms with Crippen LogP contribution in [-0.4, -0.2) is 13.4 Å². The zero-order valence-corrected chi connectivity index (χ0v) is 9.08. The topological polar surface area (TPSA) is 49.9 Å². The van der Waals surface area contributed by atoms with Gasteiger partial charge in [-0.3, -0.25) is 0 Å². The molecule has 4 heteroatoms. The Hall–Kier alpha value is -1.55. The highest BCUT2D eigenvalue weighted by Crippen LogP contribution is 2.22. The van der Waals surface area contributed by atoms with Gasteiger partial charge in [-0.15, -0.1) is 0 Å². The molecule has 3 nitrogen and oxygen atoms in total. The van der Waals surface area contributed by atoms with E-state index in [-0.39, 0.29) is 0 Å². The van der Waals surface area contributed by atoms with Gasteiger partial charge in [0.25, 0.3) is 0 Å². The molecule has 0 aliphatic rings. The molecule has 0 bridgehead atoms. The molecule has 0 saturated heterocycles. The number of aromatic nitrogens is 1. The SMILES string of the molecule is Cc1[nH]ccc1S(=O)(=O)c1ccccc1. The summed E-state index contributed by atoms with van der Waals surface area (Å²) in [6.45, 7) is 1.75. The number of aromatic amines is 1. The number of nitrogens with one attached hydrogen (secondary N) is 1. The quantitative estimate of drug-likeness (QED) is 0.844. The van der Waals surface area contributed by atoms with Crippen molar-refractivity contribution in [3.63, 3.8) is 0 Å². The molecule has 1 N–H and O–H groups in total. The Balaban J connectivity index is 2.60. The van der Waals surface area contributed by atoms with Crippen molar-refractivity contribution >= 4 is 9.84 Å². The van der Waals surface area contributed by atoms with Crippen molar-refractivity contribution < 1.29 is 8.42 Å². The fraction of sp³-hybridized carbons (Fsp3) is 0.0909. The van der Waals surface area contributed by atoms with Crippen molar-refractivity contribution in [2.24, 2.45) is 0 Å². The summed E-state index contributed by atoms with van der Waals surface area (Å²) in [5.74, 6) is 0. The molecule has 0 atom stereocenters. The molecule has 0 amide bonds. The van der Waals surface area contributed by atoms with Crippen LogP contribution in [0.4, 0.5) is 0 Å². The monoisotopic (exact) mass is 221 g/mol. The van der Waals surface area contributed by atoms with Gasteiger partial charge in [0.05, 0.1) is 9.79 Å². The summed E-state index contributed by atoms with van der Waals surface area (Å²) in [4.78, 5) is 3.53. The smallest absolute Gasteiger partial charge is 0.208 e. The fourth-order valence-electron chi connectivity index (χ4n) is 1.46. The van der Waals surface area contributed by atoms with Gasteiger partial charge in [0.15, 0.2) is 0 Å². The van der Waals surface area contributed by atoms with E-state index in [1.165, 1.54) is 0 Å². The fourth-order valence-corrected chi connectivity index (χ4v) is 2.93. The van der Waals surface area contributed by atoms with Gasteiger partial charge in [0.1, 0.15) is 0 Å². The Morgan fingerprint density at radius 3 is 2.27 bits per heavy atom. The van der Waals surface area contributed by atoms with E-state index in [1.807, 2.05) is 0 Å². The Morgan fingerprint density at radius 2 is 1.73 bits per heavy atom. The Kier molecular flexibility index (Phi) is 2.36. The normalized spacial score (nSPS) is 11.5. The van der Waals surface area contributed by atoms with Gasteiger partial charge in [-0.25, -0.2) is 8.42 Å². The maximum absolute atomic E-state index is 12.1. The third kappa shape index (κ3) is 1.68. The first-order chi connectivity index (χ1) is 7.12. The van der Waals surface area contributed by atoms with E-state index < -0.39 is 9.84 Å². The van der Waals surface area contributed by atoms with E-state index in [0.717, 1.165) is 0 Å². The summed E-state index contributed by atoms with van der Waals surface area (Å²) < 4.78 is 24.2.